The zero-order chi connectivity index (χ0) is 23.2. The van der Waals surface area contributed by atoms with E-state index in [9.17, 15) is 14.4 Å². The van der Waals surface area contributed by atoms with Crippen molar-refractivity contribution in [3.63, 3.8) is 0 Å². The summed E-state index contributed by atoms with van der Waals surface area (Å²) in [5, 5.41) is 0. The molecule has 0 aliphatic rings. The van der Waals surface area contributed by atoms with Crippen molar-refractivity contribution in [1.29, 1.82) is 0 Å². The molecule has 0 aromatic carbocycles. The molecule has 0 aromatic rings. The number of rotatable bonds is 21. The third-order valence-corrected chi connectivity index (χ3v) is 5.31. The molecule has 0 unspecified atom stereocenters. The summed E-state index contributed by atoms with van der Waals surface area (Å²) < 4.78 is 10.5. The Labute approximate surface area is 190 Å². The average molecular weight is 442 g/mol. The predicted octanol–water partition coefficient (Wildman–Crippen LogP) is 5.81. The SMILES string of the molecule is CCCCCCCC(=O)OCCCCC(=O)OCCCCCCCC(=O)N(C)CCC. The van der Waals surface area contributed by atoms with Crippen LogP contribution in [0.1, 0.15) is 117 Å². The van der Waals surface area contributed by atoms with Crippen molar-refractivity contribution in [2.45, 2.75) is 117 Å². The molecule has 0 aromatic heterocycles. The Balaban J connectivity index is 3.40. The Morgan fingerprint density at radius 3 is 1.61 bits per heavy atom. The van der Waals surface area contributed by atoms with Crippen molar-refractivity contribution in [2.75, 3.05) is 26.8 Å². The first kappa shape index (κ1) is 29.4. The Morgan fingerprint density at radius 2 is 1.03 bits per heavy atom. The molecule has 31 heavy (non-hydrogen) atoms. The number of hydrogen-bond donors (Lipinski definition) is 0. The summed E-state index contributed by atoms with van der Waals surface area (Å²) in [5.74, 6) is -0.0730. The van der Waals surface area contributed by atoms with E-state index in [1.165, 1.54) is 19.3 Å². The fourth-order valence-corrected chi connectivity index (χ4v) is 3.32. The first-order valence-electron chi connectivity index (χ1n) is 12.6. The smallest absolute Gasteiger partial charge is 0.305 e. The second-order valence-corrected chi connectivity index (χ2v) is 8.40. The minimum Gasteiger partial charge on any atom is -0.466 e. The first-order valence-corrected chi connectivity index (χ1v) is 12.6. The summed E-state index contributed by atoms with van der Waals surface area (Å²) in [5.41, 5.74) is 0. The predicted molar refractivity (Wildman–Crippen MR) is 125 cm³/mol. The number of ether oxygens (including phenoxy) is 2. The van der Waals surface area contributed by atoms with Gasteiger partial charge in [-0.25, -0.2) is 0 Å². The van der Waals surface area contributed by atoms with Gasteiger partial charge in [-0.3, -0.25) is 14.4 Å². The van der Waals surface area contributed by atoms with Crippen LogP contribution in [0.3, 0.4) is 0 Å². The lowest BCUT2D eigenvalue weighted by atomic mass is 10.1. The number of nitrogens with zero attached hydrogens (tertiary/aromatic N) is 1. The summed E-state index contributed by atoms with van der Waals surface area (Å²) in [4.78, 5) is 36.9. The van der Waals surface area contributed by atoms with Crippen LogP contribution >= 0.6 is 0 Å². The van der Waals surface area contributed by atoms with Crippen LogP contribution in [0.4, 0.5) is 0 Å². The summed E-state index contributed by atoms with van der Waals surface area (Å²) >= 11 is 0. The van der Waals surface area contributed by atoms with Gasteiger partial charge in [0, 0.05) is 32.9 Å². The van der Waals surface area contributed by atoms with Gasteiger partial charge in [0.05, 0.1) is 13.2 Å². The first-order chi connectivity index (χ1) is 15.0. The van der Waals surface area contributed by atoms with E-state index in [0.29, 0.717) is 45.3 Å². The number of amides is 1. The standard InChI is InChI=1S/C25H47NO5/c1-4-6-7-9-13-18-24(28)31-22-16-14-19-25(29)30-21-15-11-8-10-12-17-23(27)26(3)20-5-2/h4-22H2,1-3H3. The maximum atomic E-state index is 11.8. The molecule has 0 atom stereocenters. The van der Waals surface area contributed by atoms with Gasteiger partial charge < -0.3 is 14.4 Å². The highest BCUT2D eigenvalue weighted by molar-refractivity contribution is 5.75. The van der Waals surface area contributed by atoms with Gasteiger partial charge in [0.15, 0.2) is 0 Å². The van der Waals surface area contributed by atoms with Gasteiger partial charge in [0.1, 0.15) is 0 Å². The van der Waals surface area contributed by atoms with Gasteiger partial charge in [0.25, 0.3) is 0 Å². The molecule has 182 valence electrons. The van der Waals surface area contributed by atoms with Crippen molar-refractivity contribution >= 4 is 17.8 Å². The van der Waals surface area contributed by atoms with E-state index in [4.69, 9.17) is 9.47 Å². The van der Waals surface area contributed by atoms with E-state index in [1.54, 1.807) is 4.90 Å². The van der Waals surface area contributed by atoms with Gasteiger partial charge >= 0.3 is 11.9 Å². The third kappa shape index (κ3) is 20.1. The molecule has 0 radical (unpaired) electrons. The second-order valence-electron chi connectivity index (χ2n) is 8.40. The number of carbonyl (C=O) groups is 3. The molecule has 0 saturated carbocycles. The van der Waals surface area contributed by atoms with Crippen LogP contribution in [-0.2, 0) is 23.9 Å². The Hall–Kier alpha value is -1.59. The van der Waals surface area contributed by atoms with E-state index in [2.05, 4.69) is 13.8 Å². The molecule has 1 amide bonds. The van der Waals surface area contributed by atoms with Crippen LogP contribution in [0.15, 0.2) is 0 Å². The monoisotopic (exact) mass is 441 g/mol. The van der Waals surface area contributed by atoms with Gasteiger partial charge in [0.2, 0.25) is 5.91 Å². The minimum absolute atomic E-state index is 0.128. The molecule has 0 rings (SSSR count). The van der Waals surface area contributed by atoms with Gasteiger partial charge in [-0.15, -0.1) is 0 Å². The molecule has 0 spiro atoms. The normalized spacial score (nSPS) is 10.7. The molecule has 0 aliphatic heterocycles. The summed E-state index contributed by atoms with van der Waals surface area (Å²) in [6, 6.07) is 0. The number of hydrogen-bond acceptors (Lipinski definition) is 5. The van der Waals surface area contributed by atoms with Crippen LogP contribution in [0.2, 0.25) is 0 Å². The fraction of sp³-hybridized carbons (Fsp3) is 0.880. The third-order valence-electron chi connectivity index (χ3n) is 5.31. The molecule has 0 fully saturated rings. The van der Waals surface area contributed by atoms with E-state index in [0.717, 1.165) is 57.9 Å². The number of unbranched alkanes of at least 4 members (excludes halogenated alkanes) is 9. The highest BCUT2D eigenvalue weighted by Gasteiger charge is 2.07. The van der Waals surface area contributed by atoms with E-state index < -0.39 is 0 Å². The van der Waals surface area contributed by atoms with E-state index in [1.807, 2.05) is 7.05 Å². The summed E-state index contributed by atoms with van der Waals surface area (Å²) in [6.07, 6.45) is 14.4. The molecule has 0 bridgehead atoms. The fourth-order valence-electron chi connectivity index (χ4n) is 3.32. The molecule has 0 N–H and O–H groups in total. The van der Waals surface area contributed by atoms with Gasteiger partial charge in [-0.1, -0.05) is 58.8 Å². The highest BCUT2D eigenvalue weighted by atomic mass is 16.5. The molecule has 6 nitrogen and oxygen atoms in total. The number of carbonyl (C=O) groups excluding carboxylic acids is 3. The average Bonchev–Trinajstić information content (AvgIpc) is 2.75. The van der Waals surface area contributed by atoms with Crippen molar-refractivity contribution in [3.8, 4) is 0 Å². The van der Waals surface area contributed by atoms with Gasteiger partial charge in [-0.2, -0.15) is 0 Å². The lowest BCUT2D eigenvalue weighted by Gasteiger charge is -2.15. The number of esters is 2. The summed E-state index contributed by atoms with van der Waals surface area (Å²) in [6.45, 7) is 5.92. The van der Waals surface area contributed by atoms with Crippen LogP contribution in [0, 0.1) is 0 Å². The van der Waals surface area contributed by atoms with Crippen LogP contribution < -0.4 is 0 Å². The molecule has 0 heterocycles. The zero-order valence-corrected chi connectivity index (χ0v) is 20.4. The Morgan fingerprint density at radius 1 is 0.581 bits per heavy atom. The van der Waals surface area contributed by atoms with Crippen LogP contribution in [-0.4, -0.2) is 49.6 Å². The van der Waals surface area contributed by atoms with Crippen molar-refractivity contribution in [2.24, 2.45) is 0 Å². The lowest BCUT2D eigenvalue weighted by molar-refractivity contribution is -0.144. The van der Waals surface area contributed by atoms with Gasteiger partial charge in [-0.05, 0) is 38.5 Å². The van der Waals surface area contributed by atoms with Crippen LogP contribution in [0.25, 0.3) is 0 Å². The summed E-state index contributed by atoms with van der Waals surface area (Å²) in [7, 11) is 1.86. The minimum atomic E-state index is -0.174. The Bertz CT molecular complexity index is 467. The van der Waals surface area contributed by atoms with Crippen molar-refractivity contribution in [1.82, 2.24) is 4.90 Å². The Kier molecular flexibility index (Phi) is 20.5. The molecule has 0 saturated heterocycles. The van der Waals surface area contributed by atoms with Crippen molar-refractivity contribution in [3.05, 3.63) is 0 Å². The molecular weight excluding hydrogens is 394 g/mol. The maximum absolute atomic E-state index is 11.8. The van der Waals surface area contributed by atoms with E-state index >= 15 is 0 Å². The second kappa shape index (κ2) is 21.6. The largest absolute Gasteiger partial charge is 0.466 e. The molecular formula is C25H47NO5. The van der Waals surface area contributed by atoms with E-state index in [-0.39, 0.29) is 17.8 Å². The molecule has 0 aliphatic carbocycles. The quantitative estimate of drug-likeness (QED) is 0.166. The highest BCUT2D eigenvalue weighted by Crippen LogP contribution is 2.09. The van der Waals surface area contributed by atoms with Crippen molar-refractivity contribution < 1.29 is 23.9 Å². The maximum Gasteiger partial charge on any atom is 0.305 e. The molecule has 6 heteroatoms. The van der Waals surface area contributed by atoms with Crippen LogP contribution in [0.5, 0.6) is 0 Å². The lowest BCUT2D eigenvalue weighted by Crippen LogP contribution is -2.26. The zero-order valence-electron chi connectivity index (χ0n) is 20.4. The topological polar surface area (TPSA) is 72.9 Å².